The molecule has 1 aromatic heterocycles. The monoisotopic (exact) mass is 198 g/mol. The third-order valence-corrected chi connectivity index (χ3v) is 2.00. The molecule has 3 nitrogen and oxygen atoms in total. The lowest BCUT2D eigenvalue weighted by atomic mass is 10.1. The van der Waals surface area contributed by atoms with Crippen LogP contribution in [0.15, 0.2) is 48.7 Å². The Bertz CT molecular complexity index is 434. The van der Waals surface area contributed by atoms with Crippen LogP contribution in [0.2, 0.25) is 0 Å². The molecule has 0 spiro atoms. The molecular weight excluding hydrogens is 189 g/mol. The summed E-state index contributed by atoms with van der Waals surface area (Å²) < 4.78 is 4.96. The van der Waals surface area contributed by atoms with E-state index in [-0.39, 0.29) is 0 Å². The van der Waals surface area contributed by atoms with Gasteiger partial charge >= 0.3 is 7.69 Å². The van der Waals surface area contributed by atoms with Crippen molar-refractivity contribution in [2.45, 2.75) is 0 Å². The maximum atomic E-state index is 8.62. The average Bonchev–Trinajstić information content (AvgIpc) is 2.31. The Morgan fingerprint density at radius 3 is 2.60 bits per heavy atom. The summed E-state index contributed by atoms with van der Waals surface area (Å²) in [6.45, 7) is 0. The van der Waals surface area contributed by atoms with Gasteiger partial charge in [-0.05, 0) is 12.1 Å². The topological polar surface area (TPSA) is 42.4 Å². The maximum Gasteiger partial charge on any atom is 0.569 e. The molecule has 2 aromatic rings. The van der Waals surface area contributed by atoms with Gasteiger partial charge in [-0.1, -0.05) is 30.3 Å². The second kappa shape index (κ2) is 4.62. The van der Waals surface area contributed by atoms with E-state index in [2.05, 4.69) is 4.98 Å². The summed E-state index contributed by atoms with van der Waals surface area (Å²) in [5.41, 5.74) is 1.67. The Morgan fingerprint density at radius 1 is 1.07 bits per heavy atom. The maximum absolute atomic E-state index is 8.62. The highest BCUT2D eigenvalue weighted by atomic mass is 16.5. The molecule has 0 unspecified atom stereocenters. The smallest absolute Gasteiger partial charge is 0.536 e. The first-order valence-electron chi connectivity index (χ1n) is 4.55. The van der Waals surface area contributed by atoms with Crippen molar-refractivity contribution in [2.24, 2.45) is 0 Å². The summed E-state index contributed by atoms with van der Waals surface area (Å²) in [5, 5.41) is 8.62. The number of nitrogens with zero attached hydrogens (tertiary/aromatic N) is 1. The summed E-state index contributed by atoms with van der Waals surface area (Å²) >= 11 is 0. The van der Waals surface area contributed by atoms with Gasteiger partial charge in [0.25, 0.3) is 0 Å². The van der Waals surface area contributed by atoms with Crippen molar-refractivity contribution in [3.8, 4) is 17.0 Å². The second-order valence-electron chi connectivity index (χ2n) is 2.94. The highest BCUT2D eigenvalue weighted by Gasteiger charge is 2.06. The van der Waals surface area contributed by atoms with Gasteiger partial charge in [-0.25, -0.2) is 0 Å². The molecule has 0 amide bonds. The van der Waals surface area contributed by atoms with E-state index < -0.39 is 0 Å². The molecule has 0 atom stereocenters. The van der Waals surface area contributed by atoms with E-state index in [4.69, 9.17) is 9.68 Å². The number of aromatic nitrogens is 1. The Balaban J connectivity index is 2.43. The Morgan fingerprint density at radius 2 is 1.87 bits per heavy atom. The predicted molar refractivity (Wildman–Crippen MR) is 58.3 cm³/mol. The first-order valence-corrected chi connectivity index (χ1v) is 4.55. The molecule has 0 fully saturated rings. The predicted octanol–water partition coefficient (Wildman–Crippen LogP) is 1.65. The van der Waals surface area contributed by atoms with E-state index in [1.807, 2.05) is 30.3 Å². The zero-order valence-corrected chi connectivity index (χ0v) is 8.00. The third kappa shape index (κ3) is 2.17. The van der Waals surface area contributed by atoms with Crippen LogP contribution in [0, 0.1) is 0 Å². The zero-order valence-electron chi connectivity index (χ0n) is 8.00. The fourth-order valence-electron chi connectivity index (χ4n) is 1.36. The van der Waals surface area contributed by atoms with E-state index >= 15 is 0 Å². The van der Waals surface area contributed by atoms with Crippen molar-refractivity contribution in [2.75, 3.05) is 0 Å². The molecule has 1 heterocycles. The van der Waals surface area contributed by atoms with Crippen LogP contribution in [0.25, 0.3) is 11.3 Å². The summed E-state index contributed by atoms with van der Waals surface area (Å²) in [6, 6.07) is 13.2. The van der Waals surface area contributed by atoms with Crippen LogP contribution in [0.1, 0.15) is 0 Å². The highest BCUT2D eigenvalue weighted by Crippen LogP contribution is 2.26. The molecule has 73 valence electrons. The normalized spacial score (nSPS) is 9.67. The van der Waals surface area contributed by atoms with Crippen molar-refractivity contribution in [3.63, 3.8) is 0 Å². The van der Waals surface area contributed by atoms with E-state index in [9.17, 15) is 0 Å². The average molecular weight is 198 g/mol. The molecule has 0 saturated carbocycles. The lowest BCUT2D eigenvalue weighted by Gasteiger charge is -2.07. The molecule has 15 heavy (non-hydrogen) atoms. The standard InChI is InChI=1S/C11H9BNO2/c14-12-15-10-7-4-8-13-11(10)9-5-2-1-3-6-9/h1-8,14H. The van der Waals surface area contributed by atoms with Gasteiger partial charge in [0.1, 0.15) is 11.4 Å². The first kappa shape index (κ1) is 9.74. The minimum Gasteiger partial charge on any atom is -0.536 e. The van der Waals surface area contributed by atoms with Gasteiger partial charge in [-0.2, -0.15) is 0 Å². The van der Waals surface area contributed by atoms with Crippen LogP contribution in [-0.4, -0.2) is 17.7 Å². The molecule has 0 aliphatic heterocycles. The Labute approximate surface area is 88.7 Å². The molecule has 0 aliphatic carbocycles. The van der Waals surface area contributed by atoms with Gasteiger partial charge in [0.15, 0.2) is 0 Å². The van der Waals surface area contributed by atoms with Crippen molar-refractivity contribution in [3.05, 3.63) is 48.7 Å². The Hall–Kier alpha value is -1.81. The molecule has 0 saturated heterocycles. The van der Waals surface area contributed by atoms with Crippen LogP contribution in [-0.2, 0) is 0 Å². The fourth-order valence-corrected chi connectivity index (χ4v) is 1.36. The van der Waals surface area contributed by atoms with Crippen LogP contribution in [0.4, 0.5) is 0 Å². The molecule has 1 N–H and O–H groups in total. The number of hydrogen-bond acceptors (Lipinski definition) is 3. The zero-order chi connectivity index (χ0) is 10.5. The minimum atomic E-state index is 0.534. The lowest BCUT2D eigenvalue weighted by molar-refractivity contribution is 0.453. The van der Waals surface area contributed by atoms with E-state index in [0.29, 0.717) is 19.1 Å². The van der Waals surface area contributed by atoms with Crippen LogP contribution in [0.3, 0.4) is 0 Å². The number of pyridine rings is 1. The number of benzene rings is 1. The molecule has 1 radical (unpaired) electrons. The van der Waals surface area contributed by atoms with Crippen LogP contribution >= 0.6 is 0 Å². The number of hydrogen-bond donors (Lipinski definition) is 1. The van der Waals surface area contributed by atoms with Crippen LogP contribution < -0.4 is 4.65 Å². The minimum absolute atomic E-state index is 0.534. The van der Waals surface area contributed by atoms with Gasteiger partial charge in [-0.15, -0.1) is 0 Å². The highest BCUT2D eigenvalue weighted by molar-refractivity contribution is 6.17. The van der Waals surface area contributed by atoms with Crippen molar-refractivity contribution < 1.29 is 9.68 Å². The van der Waals surface area contributed by atoms with E-state index in [0.717, 1.165) is 5.56 Å². The van der Waals surface area contributed by atoms with Gasteiger partial charge < -0.3 is 9.68 Å². The number of rotatable bonds is 3. The largest absolute Gasteiger partial charge is 0.569 e. The lowest BCUT2D eigenvalue weighted by Crippen LogP contribution is -2.01. The molecule has 4 heteroatoms. The fraction of sp³-hybridized carbons (Fsp3) is 0. The van der Waals surface area contributed by atoms with Gasteiger partial charge in [0.05, 0.1) is 0 Å². The van der Waals surface area contributed by atoms with Crippen LogP contribution in [0.5, 0.6) is 5.75 Å². The molecule has 0 aliphatic rings. The molecular formula is C11H9BNO2. The summed E-state index contributed by atoms with van der Waals surface area (Å²) in [6.07, 6.45) is 1.69. The first-order chi connectivity index (χ1) is 7.42. The van der Waals surface area contributed by atoms with Crippen molar-refractivity contribution in [1.29, 1.82) is 0 Å². The quantitative estimate of drug-likeness (QED) is 0.762. The molecule has 2 rings (SSSR count). The SMILES string of the molecule is O[B]Oc1cccnc1-c1ccccc1. The summed E-state index contributed by atoms with van der Waals surface area (Å²) in [4.78, 5) is 4.21. The van der Waals surface area contributed by atoms with E-state index in [1.165, 1.54) is 0 Å². The summed E-state index contributed by atoms with van der Waals surface area (Å²) in [5.74, 6) is 0.534. The van der Waals surface area contributed by atoms with Gasteiger partial charge in [0.2, 0.25) is 0 Å². The summed E-state index contributed by atoms with van der Waals surface area (Å²) in [7, 11) is 0.656. The second-order valence-corrected chi connectivity index (χ2v) is 2.94. The molecule has 0 bridgehead atoms. The van der Waals surface area contributed by atoms with Crippen molar-refractivity contribution >= 4 is 7.69 Å². The van der Waals surface area contributed by atoms with Gasteiger partial charge in [-0.3, -0.25) is 4.98 Å². The Kier molecular flexibility index (Phi) is 3.00. The third-order valence-electron chi connectivity index (χ3n) is 2.00. The van der Waals surface area contributed by atoms with E-state index in [1.54, 1.807) is 18.3 Å². The van der Waals surface area contributed by atoms with Gasteiger partial charge in [0, 0.05) is 11.8 Å². The van der Waals surface area contributed by atoms with Crippen molar-refractivity contribution in [1.82, 2.24) is 4.98 Å². The molecule has 1 aromatic carbocycles.